The maximum atomic E-state index is 12.7. The molecular weight excluding hydrogens is 416 g/mol. The number of rotatable bonds is 5. The van der Waals surface area contributed by atoms with Crippen molar-refractivity contribution in [1.82, 2.24) is 0 Å². The summed E-state index contributed by atoms with van der Waals surface area (Å²) in [4.78, 5) is 40.3. The maximum Gasteiger partial charge on any atom is 0.229 e. The molecule has 31 heavy (non-hydrogen) atoms. The van der Waals surface area contributed by atoms with Gasteiger partial charge >= 0.3 is 0 Å². The summed E-state index contributed by atoms with van der Waals surface area (Å²) in [6.45, 7) is 1.89. The third kappa shape index (κ3) is 4.82. The zero-order valence-corrected chi connectivity index (χ0v) is 17.8. The lowest BCUT2D eigenvalue weighted by Gasteiger charge is -2.32. The van der Waals surface area contributed by atoms with Crippen LogP contribution in [0.5, 0.6) is 0 Å². The lowest BCUT2D eigenvalue weighted by molar-refractivity contribution is -0.122. The van der Waals surface area contributed by atoms with Gasteiger partial charge in [0.25, 0.3) is 0 Å². The maximum absolute atomic E-state index is 12.7. The lowest BCUT2D eigenvalue weighted by Crippen LogP contribution is -2.38. The molecule has 3 amide bonds. The van der Waals surface area contributed by atoms with Crippen molar-refractivity contribution in [2.24, 2.45) is 17.6 Å². The number of halogens is 1. The van der Waals surface area contributed by atoms with Crippen molar-refractivity contribution in [2.45, 2.75) is 19.3 Å². The van der Waals surface area contributed by atoms with Crippen LogP contribution in [-0.4, -0.2) is 37.4 Å². The van der Waals surface area contributed by atoms with E-state index in [0.29, 0.717) is 22.9 Å². The fourth-order valence-corrected chi connectivity index (χ4v) is 4.38. The van der Waals surface area contributed by atoms with Crippen molar-refractivity contribution in [3.05, 3.63) is 53.6 Å². The van der Waals surface area contributed by atoms with E-state index in [0.717, 1.165) is 31.6 Å². The molecule has 2 aromatic rings. The van der Waals surface area contributed by atoms with Gasteiger partial charge in [0.05, 0.1) is 5.92 Å². The summed E-state index contributed by atoms with van der Waals surface area (Å²) in [5.74, 6) is -0.948. The van der Waals surface area contributed by atoms with Gasteiger partial charge < -0.3 is 20.9 Å². The van der Waals surface area contributed by atoms with E-state index in [1.807, 2.05) is 30.3 Å². The van der Waals surface area contributed by atoms with Gasteiger partial charge in [-0.3, -0.25) is 14.4 Å². The van der Waals surface area contributed by atoms with E-state index >= 15 is 0 Å². The van der Waals surface area contributed by atoms with E-state index < -0.39 is 5.92 Å². The SMILES string of the molecule is NC(=O)C1CCN(c2ccc(NC(=O)C3CC(=O)N(c4cccc(Cl)c4)C3)cc2)CC1. The molecular formula is C23H25ClN4O3. The van der Waals surface area contributed by atoms with Crippen LogP contribution in [0, 0.1) is 11.8 Å². The number of primary amides is 1. The summed E-state index contributed by atoms with van der Waals surface area (Å²) in [5.41, 5.74) is 7.84. The topological polar surface area (TPSA) is 95.7 Å². The molecule has 8 heteroatoms. The molecule has 162 valence electrons. The van der Waals surface area contributed by atoms with Crippen molar-refractivity contribution < 1.29 is 14.4 Å². The van der Waals surface area contributed by atoms with Crippen LogP contribution >= 0.6 is 11.6 Å². The molecule has 3 N–H and O–H groups in total. The first-order valence-electron chi connectivity index (χ1n) is 10.4. The number of amides is 3. The molecule has 2 aromatic carbocycles. The predicted octanol–water partition coefficient (Wildman–Crippen LogP) is 3.03. The monoisotopic (exact) mass is 440 g/mol. The van der Waals surface area contributed by atoms with Crippen molar-refractivity contribution in [3.63, 3.8) is 0 Å². The smallest absolute Gasteiger partial charge is 0.229 e. The highest BCUT2D eigenvalue weighted by atomic mass is 35.5. The van der Waals surface area contributed by atoms with E-state index in [-0.39, 0.29) is 30.1 Å². The summed E-state index contributed by atoms with van der Waals surface area (Å²) in [7, 11) is 0. The molecule has 2 fully saturated rings. The summed E-state index contributed by atoms with van der Waals surface area (Å²) < 4.78 is 0. The average Bonchev–Trinajstić information content (AvgIpc) is 3.16. The number of hydrogen-bond donors (Lipinski definition) is 2. The van der Waals surface area contributed by atoms with Crippen LogP contribution in [-0.2, 0) is 14.4 Å². The molecule has 2 heterocycles. The van der Waals surface area contributed by atoms with Crippen LogP contribution in [0.3, 0.4) is 0 Å². The molecule has 1 atom stereocenters. The Morgan fingerprint density at radius 3 is 2.35 bits per heavy atom. The van der Waals surface area contributed by atoms with Gasteiger partial charge in [0.15, 0.2) is 0 Å². The molecule has 0 spiro atoms. The summed E-state index contributed by atoms with van der Waals surface area (Å²) >= 11 is 6.03. The Kier molecular flexibility index (Phi) is 6.13. The quantitative estimate of drug-likeness (QED) is 0.746. The van der Waals surface area contributed by atoms with Crippen molar-refractivity contribution in [2.75, 3.05) is 34.8 Å². The average molecular weight is 441 g/mol. The molecule has 2 aliphatic rings. The second kappa shape index (κ2) is 8.98. The molecule has 4 rings (SSSR count). The summed E-state index contributed by atoms with van der Waals surface area (Å²) in [6.07, 6.45) is 1.69. The number of piperidine rings is 1. The number of nitrogens with one attached hydrogen (secondary N) is 1. The first kappa shape index (κ1) is 21.2. The number of benzene rings is 2. The summed E-state index contributed by atoms with van der Waals surface area (Å²) in [6, 6.07) is 14.7. The molecule has 0 aromatic heterocycles. The van der Waals surface area contributed by atoms with Crippen LogP contribution in [0.15, 0.2) is 48.5 Å². The van der Waals surface area contributed by atoms with Gasteiger partial charge in [-0.2, -0.15) is 0 Å². The molecule has 1 unspecified atom stereocenters. The number of carbonyl (C=O) groups excluding carboxylic acids is 3. The van der Waals surface area contributed by atoms with E-state index in [1.54, 1.807) is 23.1 Å². The first-order valence-corrected chi connectivity index (χ1v) is 10.8. The Hall–Kier alpha value is -3.06. The molecule has 7 nitrogen and oxygen atoms in total. The zero-order valence-electron chi connectivity index (χ0n) is 17.1. The number of anilines is 3. The normalized spacial score (nSPS) is 19.5. The summed E-state index contributed by atoms with van der Waals surface area (Å²) in [5, 5.41) is 3.47. The van der Waals surface area contributed by atoms with Crippen molar-refractivity contribution >= 4 is 46.4 Å². The van der Waals surface area contributed by atoms with Crippen LogP contribution in [0.4, 0.5) is 17.1 Å². The largest absolute Gasteiger partial charge is 0.371 e. The Bertz CT molecular complexity index is 987. The van der Waals surface area contributed by atoms with Crippen LogP contribution in [0.25, 0.3) is 0 Å². The Morgan fingerprint density at radius 2 is 1.71 bits per heavy atom. The van der Waals surface area contributed by atoms with Gasteiger partial charge in [-0.05, 0) is 55.3 Å². The van der Waals surface area contributed by atoms with E-state index in [1.165, 1.54) is 0 Å². The van der Waals surface area contributed by atoms with Gasteiger partial charge in [0, 0.05) is 54.1 Å². The minimum Gasteiger partial charge on any atom is -0.371 e. The molecule has 0 radical (unpaired) electrons. The first-order chi connectivity index (χ1) is 14.9. The minimum atomic E-state index is -0.418. The highest BCUT2D eigenvalue weighted by Gasteiger charge is 2.35. The van der Waals surface area contributed by atoms with E-state index in [4.69, 9.17) is 17.3 Å². The van der Waals surface area contributed by atoms with Gasteiger partial charge in [0.1, 0.15) is 0 Å². The van der Waals surface area contributed by atoms with E-state index in [9.17, 15) is 14.4 Å². The highest BCUT2D eigenvalue weighted by Crippen LogP contribution is 2.29. The number of nitrogens with two attached hydrogens (primary N) is 1. The molecule has 2 saturated heterocycles. The second-order valence-electron chi connectivity index (χ2n) is 8.09. The van der Waals surface area contributed by atoms with Gasteiger partial charge in [-0.25, -0.2) is 0 Å². The number of carbonyl (C=O) groups is 3. The van der Waals surface area contributed by atoms with Gasteiger partial charge in [0.2, 0.25) is 17.7 Å². The van der Waals surface area contributed by atoms with Crippen LogP contribution < -0.4 is 20.9 Å². The number of hydrogen-bond acceptors (Lipinski definition) is 4. The standard InChI is InChI=1S/C23H25ClN4O3/c24-17-2-1-3-20(13-17)28-14-16(12-21(28)29)23(31)26-18-4-6-19(7-5-18)27-10-8-15(9-11-27)22(25)30/h1-7,13,15-16H,8-12,14H2,(H2,25,30)(H,26,31). The van der Waals surface area contributed by atoms with Crippen molar-refractivity contribution in [3.8, 4) is 0 Å². The predicted molar refractivity (Wildman–Crippen MR) is 121 cm³/mol. The Balaban J connectivity index is 1.34. The zero-order chi connectivity index (χ0) is 22.0. The Labute approximate surface area is 186 Å². The molecule has 2 aliphatic heterocycles. The van der Waals surface area contributed by atoms with E-state index in [2.05, 4.69) is 10.2 Å². The Morgan fingerprint density at radius 1 is 1.00 bits per heavy atom. The molecule has 0 bridgehead atoms. The third-order valence-corrected chi connectivity index (χ3v) is 6.25. The second-order valence-corrected chi connectivity index (χ2v) is 8.52. The van der Waals surface area contributed by atoms with Crippen LogP contribution in [0.1, 0.15) is 19.3 Å². The fourth-order valence-electron chi connectivity index (χ4n) is 4.20. The third-order valence-electron chi connectivity index (χ3n) is 6.01. The molecule has 0 aliphatic carbocycles. The lowest BCUT2D eigenvalue weighted by atomic mass is 9.96. The highest BCUT2D eigenvalue weighted by molar-refractivity contribution is 6.31. The fraction of sp³-hybridized carbons (Fsp3) is 0.348. The van der Waals surface area contributed by atoms with Crippen molar-refractivity contribution in [1.29, 1.82) is 0 Å². The van der Waals surface area contributed by atoms with Gasteiger partial charge in [-0.15, -0.1) is 0 Å². The minimum absolute atomic E-state index is 0.0459. The number of nitrogens with zero attached hydrogens (tertiary/aromatic N) is 2. The van der Waals surface area contributed by atoms with Crippen LogP contribution in [0.2, 0.25) is 5.02 Å². The van der Waals surface area contributed by atoms with Gasteiger partial charge in [-0.1, -0.05) is 17.7 Å². The molecule has 0 saturated carbocycles.